The number of rotatable bonds is 6. The van der Waals surface area contributed by atoms with Gasteiger partial charge in [-0.1, -0.05) is 19.8 Å². The molecular formula is C13H20N2O2. The van der Waals surface area contributed by atoms with Crippen LogP contribution < -0.4 is 5.32 Å². The summed E-state index contributed by atoms with van der Waals surface area (Å²) in [5.74, 6) is -0.923. The van der Waals surface area contributed by atoms with Crippen LogP contribution in [0.1, 0.15) is 47.9 Å². The highest BCUT2D eigenvalue weighted by Crippen LogP contribution is 2.19. The van der Waals surface area contributed by atoms with Crippen LogP contribution in [-0.4, -0.2) is 22.6 Å². The number of pyridine rings is 1. The van der Waals surface area contributed by atoms with Gasteiger partial charge in [-0.25, -0.2) is 4.79 Å². The highest BCUT2D eigenvalue weighted by atomic mass is 16.4. The summed E-state index contributed by atoms with van der Waals surface area (Å²) in [6, 6.07) is 1.79. The highest BCUT2D eigenvalue weighted by Gasteiger charge is 2.14. The van der Waals surface area contributed by atoms with Crippen molar-refractivity contribution < 1.29 is 9.90 Å². The number of hydrogen-bond acceptors (Lipinski definition) is 3. The van der Waals surface area contributed by atoms with Gasteiger partial charge in [-0.2, -0.15) is 0 Å². The average molecular weight is 236 g/mol. The van der Waals surface area contributed by atoms with Gasteiger partial charge in [0.1, 0.15) is 5.56 Å². The Hall–Kier alpha value is -1.58. The fourth-order valence-corrected chi connectivity index (χ4v) is 1.84. The Morgan fingerprint density at radius 2 is 2.12 bits per heavy atom. The summed E-state index contributed by atoms with van der Waals surface area (Å²) >= 11 is 0. The molecule has 0 aromatic carbocycles. The van der Waals surface area contributed by atoms with Crippen LogP contribution in [0.15, 0.2) is 6.07 Å². The number of anilines is 1. The van der Waals surface area contributed by atoms with Gasteiger partial charge >= 0.3 is 5.97 Å². The number of nitrogens with zero attached hydrogens (tertiary/aromatic N) is 1. The smallest absolute Gasteiger partial charge is 0.339 e. The highest BCUT2D eigenvalue weighted by molar-refractivity contribution is 5.95. The van der Waals surface area contributed by atoms with Crippen LogP contribution >= 0.6 is 0 Å². The zero-order chi connectivity index (χ0) is 12.8. The number of hydrogen-bond donors (Lipinski definition) is 2. The second kappa shape index (κ2) is 6.23. The monoisotopic (exact) mass is 236 g/mol. The lowest BCUT2D eigenvalue weighted by atomic mass is 10.1. The number of unbranched alkanes of at least 4 members (excludes halogenated alkanes) is 2. The zero-order valence-corrected chi connectivity index (χ0v) is 10.7. The van der Waals surface area contributed by atoms with Gasteiger partial charge in [-0.05, 0) is 26.3 Å². The summed E-state index contributed by atoms with van der Waals surface area (Å²) in [5, 5.41) is 12.4. The SMILES string of the molecule is CCCCCNc1cc(C)nc(C)c1C(=O)O. The summed E-state index contributed by atoms with van der Waals surface area (Å²) in [5.41, 5.74) is 2.37. The van der Waals surface area contributed by atoms with Crippen LogP contribution in [0.3, 0.4) is 0 Å². The third-order valence-electron chi connectivity index (χ3n) is 2.64. The van der Waals surface area contributed by atoms with Crippen molar-refractivity contribution in [1.29, 1.82) is 0 Å². The van der Waals surface area contributed by atoms with E-state index in [1.54, 1.807) is 13.0 Å². The molecule has 4 heteroatoms. The van der Waals surface area contributed by atoms with Crippen molar-refractivity contribution in [2.24, 2.45) is 0 Å². The van der Waals surface area contributed by atoms with E-state index < -0.39 is 5.97 Å². The molecule has 0 aliphatic carbocycles. The van der Waals surface area contributed by atoms with Gasteiger partial charge in [0.2, 0.25) is 0 Å². The molecule has 0 aliphatic heterocycles. The number of aromatic carboxylic acids is 1. The van der Waals surface area contributed by atoms with Crippen LogP contribution in [0.5, 0.6) is 0 Å². The first-order valence-corrected chi connectivity index (χ1v) is 6.01. The Kier molecular flexibility index (Phi) is 4.94. The van der Waals surface area contributed by atoms with Crippen LogP contribution in [0.2, 0.25) is 0 Å². The van der Waals surface area contributed by atoms with Gasteiger partial charge in [0, 0.05) is 12.2 Å². The lowest BCUT2D eigenvalue weighted by Gasteiger charge is -2.12. The van der Waals surface area contributed by atoms with Crippen molar-refractivity contribution in [3.63, 3.8) is 0 Å². The lowest BCUT2D eigenvalue weighted by Crippen LogP contribution is -2.11. The Morgan fingerprint density at radius 1 is 1.41 bits per heavy atom. The molecule has 0 radical (unpaired) electrons. The minimum atomic E-state index is -0.923. The number of aromatic nitrogens is 1. The minimum absolute atomic E-state index is 0.284. The molecule has 4 nitrogen and oxygen atoms in total. The molecule has 0 fully saturated rings. The van der Waals surface area contributed by atoms with Crippen molar-refractivity contribution in [3.05, 3.63) is 23.0 Å². The van der Waals surface area contributed by atoms with E-state index in [-0.39, 0.29) is 5.56 Å². The number of nitrogens with one attached hydrogen (secondary N) is 1. The van der Waals surface area contributed by atoms with Crippen molar-refractivity contribution in [2.45, 2.75) is 40.0 Å². The van der Waals surface area contributed by atoms with E-state index in [9.17, 15) is 4.79 Å². The number of carbonyl (C=O) groups is 1. The molecule has 0 bridgehead atoms. The Balaban J connectivity index is 2.85. The molecule has 0 amide bonds. The topological polar surface area (TPSA) is 62.2 Å². The van der Waals surface area contributed by atoms with Crippen molar-refractivity contribution in [2.75, 3.05) is 11.9 Å². The van der Waals surface area contributed by atoms with Crippen LogP contribution in [0, 0.1) is 13.8 Å². The third kappa shape index (κ3) is 3.73. The first kappa shape index (κ1) is 13.5. The van der Waals surface area contributed by atoms with Gasteiger partial charge in [-0.3, -0.25) is 4.98 Å². The van der Waals surface area contributed by atoms with Crippen molar-refractivity contribution >= 4 is 11.7 Å². The van der Waals surface area contributed by atoms with Crippen LogP contribution in [-0.2, 0) is 0 Å². The predicted molar refractivity (Wildman–Crippen MR) is 68.7 cm³/mol. The maximum absolute atomic E-state index is 11.2. The number of carboxylic acid groups (broad SMARTS) is 1. The molecule has 94 valence electrons. The lowest BCUT2D eigenvalue weighted by molar-refractivity contribution is 0.0696. The summed E-state index contributed by atoms with van der Waals surface area (Å²) in [6.07, 6.45) is 3.36. The predicted octanol–water partition coefficient (Wildman–Crippen LogP) is 3.00. The van der Waals surface area contributed by atoms with Gasteiger partial charge < -0.3 is 10.4 Å². The molecule has 1 rings (SSSR count). The first-order chi connectivity index (χ1) is 8.06. The second-order valence-corrected chi connectivity index (χ2v) is 4.21. The number of aryl methyl sites for hydroxylation is 2. The summed E-state index contributed by atoms with van der Waals surface area (Å²) < 4.78 is 0. The van der Waals surface area contributed by atoms with E-state index in [2.05, 4.69) is 17.2 Å². The minimum Gasteiger partial charge on any atom is -0.478 e. The maximum Gasteiger partial charge on any atom is 0.339 e. The molecule has 1 aromatic rings. The Bertz CT molecular complexity index is 403. The quantitative estimate of drug-likeness (QED) is 0.745. The molecule has 0 saturated carbocycles. The van der Waals surface area contributed by atoms with Gasteiger partial charge in [0.05, 0.1) is 11.4 Å². The fourth-order valence-electron chi connectivity index (χ4n) is 1.84. The van der Waals surface area contributed by atoms with Gasteiger partial charge in [0.25, 0.3) is 0 Å². The van der Waals surface area contributed by atoms with E-state index >= 15 is 0 Å². The molecule has 2 N–H and O–H groups in total. The zero-order valence-electron chi connectivity index (χ0n) is 10.7. The average Bonchev–Trinajstić information content (AvgIpc) is 2.22. The van der Waals surface area contributed by atoms with E-state index in [0.29, 0.717) is 11.4 Å². The second-order valence-electron chi connectivity index (χ2n) is 4.21. The molecule has 0 aliphatic rings. The fraction of sp³-hybridized carbons (Fsp3) is 0.538. The van der Waals surface area contributed by atoms with E-state index in [4.69, 9.17) is 5.11 Å². The first-order valence-electron chi connectivity index (χ1n) is 6.01. The van der Waals surface area contributed by atoms with Crippen molar-refractivity contribution in [3.8, 4) is 0 Å². The molecule has 1 heterocycles. The van der Waals surface area contributed by atoms with Crippen LogP contribution in [0.4, 0.5) is 5.69 Å². The van der Waals surface area contributed by atoms with Gasteiger partial charge in [0.15, 0.2) is 0 Å². The molecule has 0 spiro atoms. The third-order valence-corrected chi connectivity index (χ3v) is 2.64. The molecule has 17 heavy (non-hydrogen) atoms. The Labute approximate surface area is 102 Å². The maximum atomic E-state index is 11.2. The summed E-state index contributed by atoms with van der Waals surface area (Å²) in [6.45, 7) is 6.55. The number of carboxylic acids is 1. The molecular weight excluding hydrogens is 216 g/mol. The van der Waals surface area contributed by atoms with Gasteiger partial charge in [-0.15, -0.1) is 0 Å². The molecule has 1 aromatic heterocycles. The van der Waals surface area contributed by atoms with E-state index in [1.165, 1.54) is 0 Å². The molecule has 0 saturated heterocycles. The summed E-state index contributed by atoms with van der Waals surface area (Å²) in [4.78, 5) is 15.3. The normalized spacial score (nSPS) is 10.3. The molecule has 0 unspecified atom stereocenters. The Morgan fingerprint density at radius 3 is 2.71 bits per heavy atom. The largest absolute Gasteiger partial charge is 0.478 e. The van der Waals surface area contributed by atoms with Crippen LogP contribution in [0.25, 0.3) is 0 Å². The van der Waals surface area contributed by atoms with Crippen molar-refractivity contribution in [1.82, 2.24) is 4.98 Å². The summed E-state index contributed by atoms with van der Waals surface area (Å²) in [7, 11) is 0. The van der Waals surface area contributed by atoms with E-state index in [0.717, 1.165) is 31.5 Å². The molecule has 0 atom stereocenters. The standard InChI is InChI=1S/C13H20N2O2/c1-4-5-6-7-14-11-8-9(2)15-10(3)12(11)13(16)17/h8H,4-7H2,1-3H3,(H,14,15)(H,16,17). The van der Waals surface area contributed by atoms with E-state index in [1.807, 2.05) is 6.92 Å².